The van der Waals surface area contributed by atoms with E-state index in [1.54, 1.807) is 4.68 Å². The number of unbranched alkanes of at least 4 members (excludes halogenated alkanes) is 4. The van der Waals surface area contributed by atoms with Crippen LogP contribution in [0.4, 0.5) is 0 Å². The number of hydrogen-bond acceptors (Lipinski definition) is 6. The molecule has 1 saturated heterocycles. The van der Waals surface area contributed by atoms with Crippen LogP contribution in [-0.2, 0) is 32.1 Å². The highest BCUT2D eigenvalue weighted by Crippen LogP contribution is 2.18. The predicted molar refractivity (Wildman–Crippen MR) is 114 cm³/mol. The number of carbonyl (C=O) groups is 3. The van der Waals surface area contributed by atoms with E-state index in [1.807, 2.05) is 36.5 Å². The molecule has 0 aliphatic carbocycles. The van der Waals surface area contributed by atoms with E-state index in [9.17, 15) is 14.4 Å². The number of hydrogen-bond donors (Lipinski definition) is 1. The van der Waals surface area contributed by atoms with Gasteiger partial charge in [-0.15, -0.1) is 5.10 Å². The molecular weight excluding hydrogens is 396 g/mol. The molecule has 1 aliphatic heterocycles. The Labute approximate surface area is 182 Å². The van der Waals surface area contributed by atoms with Gasteiger partial charge in [-0.1, -0.05) is 54.8 Å². The Morgan fingerprint density at radius 1 is 1.10 bits per heavy atom. The Hall–Kier alpha value is -3.03. The largest absolute Gasteiger partial charge is 0.461 e. The fraction of sp³-hybridized carbons (Fsp3) is 0.522. The first-order valence-electron chi connectivity index (χ1n) is 11.1. The van der Waals surface area contributed by atoms with Gasteiger partial charge in [0.05, 0.1) is 5.69 Å². The van der Waals surface area contributed by atoms with E-state index in [0.29, 0.717) is 32.3 Å². The van der Waals surface area contributed by atoms with Gasteiger partial charge >= 0.3 is 5.97 Å². The Bertz CT molecular complexity index is 865. The molecule has 0 spiro atoms. The van der Waals surface area contributed by atoms with Crippen molar-refractivity contribution in [2.24, 2.45) is 0 Å². The number of ether oxygens (including phenoxy) is 1. The Kier molecular flexibility index (Phi) is 8.75. The highest BCUT2D eigenvalue weighted by atomic mass is 16.5. The van der Waals surface area contributed by atoms with Crippen molar-refractivity contribution in [3.8, 4) is 0 Å². The molecule has 0 bridgehead atoms. The average molecular weight is 427 g/mol. The van der Waals surface area contributed by atoms with Gasteiger partial charge in [0.25, 0.3) is 5.91 Å². The van der Waals surface area contributed by atoms with Crippen molar-refractivity contribution in [3.63, 3.8) is 0 Å². The summed E-state index contributed by atoms with van der Waals surface area (Å²) in [6.45, 7) is 0.333. The molecule has 1 aromatic heterocycles. The van der Waals surface area contributed by atoms with E-state index < -0.39 is 6.04 Å². The third-order valence-corrected chi connectivity index (χ3v) is 5.38. The van der Waals surface area contributed by atoms with Crippen LogP contribution in [0.15, 0.2) is 36.5 Å². The van der Waals surface area contributed by atoms with Crippen molar-refractivity contribution in [1.29, 1.82) is 0 Å². The molecule has 31 heavy (non-hydrogen) atoms. The summed E-state index contributed by atoms with van der Waals surface area (Å²) in [7, 11) is 0. The minimum absolute atomic E-state index is 0.148. The van der Waals surface area contributed by atoms with Gasteiger partial charge < -0.3 is 4.74 Å². The van der Waals surface area contributed by atoms with Crippen molar-refractivity contribution in [2.45, 2.75) is 76.9 Å². The number of aryl methyl sites for hydroxylation is 1. The average Bonchev–Trinajstić information content (AvgIpc) is 3.16. The third-order valence-electron chi connectivity index (χ3n) is 5.38. The smallest absolute Gasteiger partial charge is 0.306 e. The van der Waals surface area contributed by atoms with Crippen LogP contribution >= 0.6 is 0 Å². The summed E-state index contributed by atoms with van der Waals surface area (Å²) in [6.07, 6.45) is 9.58. The van der Waals surface area contributed by atoms with Gasteiger partial charge in [0.1, 0.15) is 12.6 Å². The third kappa shape index (κ3) is 7.62. The Balaban J connectivity index is 1.25. The number of carbonyl (C=O) groups excluding carboxylic acids is 3. The highest BCUT2D eigenvalue weighted by Gasteiger charge is 2.26. The molecule has 1 aromatic carbocycles. The van der Waals surface area contributed by atoms with Crippen molar-refractivity contribution < 1.29 is 19.1 Å². The molecule has 166 valence electrons. The fourth-order valence-corrected chi connectivity index (χ4v) is 3.62. The second-order valence-corrected chi connectivity index (χ2v) is 7.92. The van der Waals surface area contributed by atoms with Crippen molar-refractivity contribution in [1.82, 2.24) is 20.3 Å². The van der Waals surface area contributed by atoms with Crippen LogP contribution in [0.5, 0.6) is 0 Å². The molecule has 1 aliphatic rings. The zero-order chi connectivity index (χ0) is 21.9. The van der Waals surface area contributed by atoms with Gasteiger partial charge in [-0.3, -0.25) is 19.7 Å². The molecule has 1 fully saturated rings. The summed E-state index contributed by atoms with van der Waals surface area (Å²) in [5.41, 5.74) is 1.86. The van der Waals surface area contributed by atoms with Gasteiger partial charge in [-0.05, 0) is 37.7 Å². The minimum Gasteiger partial charge on any atom is -0.461 e. The molecule has 0 radical (unpaired) electrons. The lowest BCUT2D eigenvalue weighted by atomic mass is 10.1. The predicted octanol–water partition coefficient (Wildman–Crippen LogP) is 3.27. The molecule has 1 atom stereocenters. The molecule has 2 amide bonds. The summed E-state index contributed by atoms with van der Waals surface area (Å²) < 4.78 is 6.86. The number of benzene rings is 1. The normalized spacial score (nSPS) is 16.6. The number of amides is 2. The van der Waals surface area contributed by atoms with E-state index in [4.69, 9.17) is 4.74 Å². The Morgan fingerprint density at radius 3 is 2.71 bits per heavy atom. The van der Waals surface area contributed by atoms with Crippen molar-refractivity contribution >= 4 is 17.8 Å². The van der Waals surface area contributed by atoms with Crippen molar-refractivity contribution in [2.75, 3.05) is 0 Å². The summed E-state index contributed by atoms with van der Waals surface area (Å²) in [6, 6.07) is 9.22. The number of nitrogens with one attached hydrogen (secondary N) is 1. The van der Waals surface area contributed by atoms with Gasteiger partial charge in [-0.25, -0.2) is 4.68 Å². The molecule has 0 saturated carbocycles. The first-order valence-corrected chi connectivity index (χ1v) is 11.1. The topological polar surface area (TPSA) is 103 Å². The lowest BCUT2D eigenvalue weighted by molar-refractivity contribution is -0.145. The number of rotatable bonds is 11. The molecule has 8 nitrogen and oxygen atoms in total. The highest BCUT2D eigenvalue weighted by molar-refractivity contribution is 5.97. The molecule has 1 N–H and O–H groups in total. The van der Waals surface area contributed by atoms with Gasteiger partial charge in [0.2, 0.25) is 5.91 Å². The molecule has 8 heteroatoms. The quantitative estimate of drug-likeness (QED) is 0.336. The van der Waals surface area contributed by atoms with Gasteiger partial charge in [0.15, 0.2) is 0 Å². The second-order valence-electron chi connectivity index (χ2n) is 7.92. The van der Waals surface area contributed by atoms with E-state index in [1.165, 1.54) is 0 Å². The molecule has 2 heterocycles. The monoisotopic (exact) mass is 426 g/mol. The maximum absolute atomic E-state index is 12.1. The van der Waals surface area contributed by atoms with Gasteiger partial charge in [0, 0.05) is 19.0 Å². The number of imide groups is 1. The SMILES string of the molecule is O=C1CCCC(n2cc(CCCCCCCC(=O)OCc3ccccc3)nn2)C(=O)N1. The lowest BCUT2D eigenvalue weighted by Gasteiger charge is -2.11. The van der Waals surface area contributed by atoms with Gasteiger partial charge in [-0.2, -0.15) is 0 Å². The number of nitrogens with zero attached hydrogens (tertiary/aromatic N) is 3. The standard InChI is InChI=1S/C23H30N4O4/c28-21-14-9-13-20(23(30)24-21)27-16-19(25-26-27)12-7-2-1-3-8-15-22(29)31-17-18-10-5-4-6-11-18/h4-6,10-11,16,20H,1-3,7-9,12-15,17H2,(H,24,28,30). The van der Waals surface area contributed by atoms with Crippen LogP contribution in [0.25, 0.3) is 0 Å². The van der Waals surface area contributed by atoms with Crippen LogP contribution in [-0.4, -0.2) is 32.8 Å². The summed E-state index contributed by atoms with van der Waals surface area (Å²) >= 11 is 0. The molecular formula is C23H30N4O4. The second kappa shape index (κ2) is 12.0. The minimum atomic E-state index is -0.464. The molecule has 2 aromatic rings. The molecule has 1 unspecified atom stereocenters. The van der Waals surface area contributed by atoms with Crippen LogP contribution in [0, 0.1) is 0 Å². The number of esters is 1. The maximum Gasteiger partial charge on any atom is 0.306 e. The summed E-state index contributed by atoms with van der Waals surface area (Å²) in [4.78, 5) is 35.4. The molecule has 3 rings (SSSR count). The summed E-state index contributed by atoms with van der Waals surface area (Å²) in [5, 5.41) is 10.6. The lowest BCUT2D eigenvalue weighted by Crippen LogP contribution is -2.34. The van der Waals surface area contributed by atoms with E-state index in [2.05, 4.69) is 15.6 Å². The maximum atomic E-state index is 12.1. The number of aromatic nitrogens is 3. The van der Waals surface area contributed by atoms with E-state index in [-0.39, 0.29) is 17.8 Å². The zero-order valence-electron chi connectivity index (χ0n) is 17.8. The van der Waals surface area contributed by atoms with E-state index >= 15 is 0 Å². The first-order chi connectivity index (χ1) is 15.1. The fourth-order valence-electron chi connectivity index (χ4n) is 3.62. The first kappa shape index (κ1) is 22.7. The van der Waals surface area contributed by atoms with Crippen LogP contribution in [0.2, 0.25) is 0 Å². The van der Waals surface area contributed by atoms with Crippen molar-refractivity contribution in [3.05, 3.63) is 47.8 Å². The van der Waals surface area contributed by atoms with E-state index in [0.717, 1.165) is 49.8 Å². The Morgan fingerprint density at radius 2 is 1.87 bits per heavy atom. The van der Waals surface area contributed by atoms with Crippen LogP contribution in [0.3, 0.4) is 0 Å². The van der Waals surface area contributed by atoms with Crippen LogP contribution < -0.4 is 5.32 Å². The summed E-state index contributed by atoms with van der Waals surface area (Å²) in [5.74, 6) is -0.678. The zero-order valence-corrected chi connectivity index (χ0v) is 17.8. The van der Waals surface area contributed by atoms with Crippen LogP contribution in [0.1, 0.15) is 75.1 Å².